The molecule has 1 aliphatic heterocycles. The van der Waals surface area contributed by atoms with Gasteiger partial charge in [0.1, 0.15) is 23.6 Å². The van der Waals surface area contributed by atoms with Gasteiger partial charge in [-0.2, -0.15) is 0 Å². The first-order valence-electron chi connectivity index (χ1n) is 13.3. The highest BCUT2D eigenvalue weighted by Crippen LogP contribution is 2.29. The predicted molar refractivity (Wildman–Crippen MR) is 157 cm³/mol. The van der Waals surface area contributed by atoms with Crippen molar-refractivity contribution in [3.63, 3.8) is 0 Å². The summed E-state index contributed by atoms with van der Waals surface area (Å²) in [4.78, 5) is 41.0. The molecule has 0 atom stereocenters. The van der Waals surface area contributed by atoms with E-state index in [1.54, 1.807) is 18.5 Å². The van der Waals surface area contributed by atoms with E-state index in [1.807, 2.05) is 49.3 Å². The number of rotatable bonds is 9. The van der Waals surface area contributed by atoms with Crippen molar-refractivity contribution in [2.24, 2.45) is 0 Å². The number of fused-ring (bicyclic) bond motifs is 1. The molecule has 1 aliphatic rings. The average molecular weight is 558 g/mol. The maximum absolute atomic E-state index is 14.6. The monoisotopic (exact) mass is 557 g/mol. The number of H-pyrrole nitrogens is 1. The van der Waals surface area contributed by atoms with Gasteiger partial charge in [-0.05, 0) is 55.6 Å². The van der Waals surface area contributed by atoms with Gasteiger partial charge in [0, 0.05) is 37.1 Å². The van der Waals surface area contributed by atoms with Crippen LogP contribution in [-0.2, 0) is 20.7 Å². The Morgan fingerprint density at radius 2 is 1.85 bits per heavy atom. The number of anilines is 3. The second-order valence-corrected chi connectivity index (χ2v) is 10.0. The summed E-state index contributed by atoms with van der Waals surface area (Å²) in [5.74, 6) is -0.420. The summed E-state index contributed by atoms with van der Waals surface area (Å²) >= 11 is 0. The van der Waals surface area contributed by atoms with Gasteiger partial charge in [-0.1, -0.05) is 24.3 Å². The van der Waals surface area contributed by atoms with Gasteiger partial charge in [-0.3, -0.25) is 9.59 Å². The fraction of sp³-hybridized carbons (Fsp3) is 0.267. The molecule has 0 spiro atoms. The average Bonchev–Trinajstić information content (AvgIpc) is 3.40. The second-order valence-electron chi connectivity index (χ2n) is 10.0. The molecule has 212 valence electrons. The molecule has 10 nitrogen and oxygen atoms in total. The van der Waals surface area contributed by atoms with Gasteiger partial charge in [0.15, 0.2) is 0 Å². The zero-order valence-electron chi connectivity index (χ0n) is 23.0. The first kappa shape index (κ1) is 27.9. The van der Waals surface area contributed by atoms with E-state index < -0.39 is 11.7 Å². The van der Waals surface area contributed by atoms with Crippen molar-refractivity contribution in [2.45, 2.75) is 6.42 Å². The number of likely N-dealkylation sites (N-methyl/N-ethyl adjacent to an activating group) is 1. The minimum atomic E-state index is -0.603. The van der Waals surface area contributed by atoms with E-state index in [1.165, 1.54) is 18.2 Å². The summed E-state index contributed by atoms with van der Waals surface area (Å²) in [7, 11) is 3.77. The fourth-order valence-corrected chi connectivity index (χ4v) is 4.55. The molecule has 41 heavy (non-hydrogen) atoms. The number of aromatic nitrogens is 3. The van der Waals surface area contributed by atoms with Crippen molar-refractivity contribution in [3.8, 4) is 11.3 Å². The van der Waals surface area contributed by atoms with E-state index in [-0.39, 0.29) is 18.0 Å². The fourth-order valence-electron chi connectivity index (χ4n) is 4.55. The normalized spacial score (nSPS) is 13.7. The van der Waals surface area contributed by atoms with Gasteiger partial charge in [-0.25, -0.2) is 14.4 Å². The topological polar surface area (TPSA) is 115 Å². The maximum atomic E-state index is 14.6. The number of ether oxygens (including phenoxy) is 1. The zero-order chi connectivity index (χ0) is 28.8. The Kier molecular flexibility index (Phi) is 8.66. The highest BCUT2D eigenvalue weighted by Gasteiger charge is 2.18. The van der Waals surface area contributed by atoms with Gasteiger partial charge in [0.25, 0.3) is 0 Å². The van der Waals surface area contributed by atoms with E-state index >= 15 is 0 Å². The molecule has 3 heterocycles. The molecule has 2 aromatic heterocycles. The number of morpholine rings is 1. The van der Waals surface area contributed by atoms with Crippen LogP contribution in [0.4, 0.5) is 21.6 Å². The quantitative estimate of drug-likeness (QED) is 0.268. The number of carbonyl (C=O) groups excluding carboxylic acids is 2. The summed E-state index contributed by atoms with van der Waals surface area (Å²) in [6.45, 7) is 3.50. The summed E-state index contributed by atoms with van der Waals surface area (Å²) in [6, 6.07) is 13.8. The lowest BCUT2D eigenvalue weighted by Gasteiger charge is -2.27. The predicted octanol–water partition coefficient (Wildman–Crippen LogP) is 3.84. The largest absolute Gasteiger partial charge is 0.378 e. The number of amides is 2. The van der Waals surface area contributed by atoms with Crippen molar-refractivity contribution in [3.05, 3.63) is 78.4 Å². The highest BCUT2D eigenvalue weighted by atomic mass is 19.1. The Hall–Kier alpha value is -4.61. The Labute approximate surface area is 237 Å². The smallest absolute Gasteiger partial charge is 0.248 e. The standard InChI is InChI=1S/C30H32FN7O3/c1-37(2)11-3-4-27(39)35-25-10-5-20(16-24(25)31)17-28(40)34-22-8-6-21(7-9-22)26-18-23-29(36-26)32-19-33-30(23)38-12-14-41-15-13-38/h3-10,16,18-19H,11-15,17H2,1-2H3,(H,34,40)(H,35,39)(H,32,33,36)/b4-3+. The van der Waals surface area contributed by atoms with E-state index in [0.717, 1.165) is 41.2 Å². The lowest BCUT2D eigenvalue weighted by molar-refractivity contribution is -0.115. The molecule has 0 unspecified atom stereocenters. The van der Waals surface area contributed by atoms with Gasteiger partial charge < -0.3 is 30.2 Å². The number of benzene rings is 2. The molecule has 0 aliphatic carbocycles. The molecule has 0 radical (unpaired) electrons. The molecule has 5 rings (SSSR count). The van der Waals surface area contributed by atoms with Crippen molar-refractivity contribution in [2.75, 3.05) is 62.5 Å². The molecule has 4 aromatic rings. The molecule has 0 saturated carbocycles. The number of aromatic amines is 1. The number of carbonyl (C=O) groups is 2. The van der Waals surface area contributed by atoms with Crippen LogP contribution in [0.5, 0.6) is 0 Å². The van der Waals surface area contributed by atoms with E-state index in [4.69, 9.17) is 4.74 Å². The summed E-state index contributed by atoms with van der Waals surface area (Å²) in [6.07, 6.45) is 4.60. The Bertz CT molecular complexity index is 1560. The van der Waals surface area contributed by atoms with Crippen LogP contribution in [0, 0.1) is 5.82 Å². The van der Waals surface area contributed by atoms with E-state index in [9.17, 15) is 14.0 Å². The highest BCUT2D eigenvalue weighted by molar-refractivity contribution is 5.99. The van der Waals surface area contributed by atoms with Crippen LogP contribution in [0.1, 0.15) is 5.56 Å². The van der Waals surface area contributed by atoms with Crippen LogP contribution in [0.3, 0.4) is 0 Å². The zero-order valence-corrected chi connectivity index (χ0v) is 23.0. The molecule has 2 amide bonds. The van der Waals surface area contributed by atoms with Crippen LogP contribution in [0.15, 0.2) is 67.0 Å². The van der Waals surface area contributed by atoms with Gasteiger partial charge in [0.2, 0.25) is 11.8 Å². The third-order valence-corrected chi connectivity index (χ3v) is 6.59. The van der Waals surface area contributed by atoms with Crippen LogP contribution in [-0.4, -0.2) is 78.6 Å². The first-order chi connectivity index (χ1) is 19.9. The first-order valence-corrected chi connectivity index (χ1v) is 13.3. The van der Waals surface area contributed by atoms with Crippen LogP contribution < -0.4 is 15.5 Å². The molecule has 2 aromatic carbocycles. The molecule has 11 heteroatoms. The Balaban J connectivity index is 1.19. The summed E-state index contributed by atoms with van der Waals surface area (Å²) in [5.41, 5.74) is 3.76. The number of hydrogen-bond acceptors (Lipinski definition) is 7. The van der Waals surface area contributed by atoms with Gasteiger partial charge in [0.05, 0.1) is 30.7 Å². The second kappa shape index (κ2) is 12.7. The molecule has 1 saturated heterocycles. The Morgan fingerprint density at radius 3 is 2.59 bits per heavy atom. The number of halogens is 1. The number of nitrogens with zero attached hydrogens (tertiary/aromatic N) is 4. The van der Waals surface area contributed by atoms with Crippen molar-refractivity contribution in [1.29, 1.82) is 0 Å². The van der Waals surface area contributed by atoms with Gasteiger partial charge >= 0.3 is 0 Å². The van der Waals surface area contributed by atoms with E-state index in [2.05, 4.69) is 30.5 Å². The van der Waals surface area contributed by atoms with Crippen LogP contribution in [0.25, 0.3) is 22.3 Å². The van der Waals surface area contributed by atoms with Crippen LogP contribution in [0.2, 0.25) is 0 Å². The maximum Gasteiger partial charge on any atom is 0.248 e. The lowest BCUT2D eigenvalue weighted by Crippen LogP contribution is -2.36. The minimum absolute atomic E-state index is 0.0133. The lowest BCUT2D eigenvalue weighted by atomic mass is 10.1. The molecule has 1 fully saturated rings. The van der Waals surface area contributed by atoms with Crippen LogP contribution >= 0.6 is 0 Å². The molecule has 3 N–H and O–H groups in total. The van der Waals surface area contributed by atoms with E-state index in [0.29, 0.717) is 31.0 Å². The number of nitrogens with one attached hydrogen (secondary N) is 3. The molecular weight excluding hydrogens is 525 g/mol. The van der Waals surface area contributed by atoms with Crippen molar-refractivity contribution < 1.29 is 18.7 Å². The number of hydrogen-bond donors (Lipinski definition) is 3. The van der Waals surface area contributed by atoms with Crippen molar-refractivity contribution in [1.82, 2.24) is 19.9 Å². The van der Waals surface area contributed by atoms with Gasteiger partial charge in [-0.15, -0.1) is 0 Å². The summed E-state index contributed by atoms with van der Waals surface area (Å²) < 4.78 is 20.0. The minimum Gasteiger partial charge on any atom is -0.378 e. The summed E-state index contributed by atoms with van der Waals surface area (Å²) in [5, 5.41) is 6.31. The molecular formula is C30H32FN7O3. The third kappa shape index (κ3) is 7.13. The molecule has 0 bridgehead atoms. The Morgan fingerprint density at radius 1 is 1.07 bits per heavy atom. The SMILES string of the molecule is CN(C)C/C=C/C(=O)Nc1ccc(CC(=O)Nc2ccc(-c3cc4c(N5CCOCC5)ncnc4[nH]3)cc2)cc1F. The third-order valence-electron chi connectivity index (χ3n) is 6.59. The van der Waals surface area contributed by atoms with Crippen molar-refractivity contribution >= 4 is 40.0 Å².